The van der Waals surface area contributed by atoms with Gasteiger partial charge in [-0.2, -0.15) is 5.10 Å². The molecule has 0 unspecified atom stereocenters. The summed E-state index contributed by atoms with van der Waals surface area (Å²) in [4.78, 5) is 38.4. The van der Waals surface area contributed by atoms with Crippen molar-refractivity contribution in [2.45, 2.75) is 26.3 Å². The molecule has 0 aliphatic heterocycles. The van der Waals surface area contributed by atoms with Gasteiger partial charge in [-0.1, -0.05) is 32.0 Å². The molecule has 0 aliphatic carbocycles. The van der Waals surface area contributed by atoms with Crippen LogP contribution in [-0.4, -0.2) is 40.8 Å². The standard InChI is InChI=1S/C23H25N5O5/c1-15(2)14-33-23(30)26-21(11-17-13-24-20-6-4-3-5-19(17)20)22(29)27-25-12-16-7-9-18(10-8-16)28(31)32/h3-10,12-13,15,21,24H,11,14H2,1-2H3,(H,26,30)(H,27,29)/b25-12-/t21-/m1/s1. The number of para-hydroxylation sites is 1. The molecule has 3 rings (SSSR count). The Balaban J connectivity index is 1.70. The maximum Gasteiger partial charge on any atom is 0.407 e. The Bertz CT molecular complexity index is 1150. The van der Waals surface area contributed by atoms with E-state index in [0.717, 1.165) is 16.5 Å². The predicted molar refractivity (Wildman–Crippen MR) is 124 cm³/mol. The molecule has 1 aromatic heterocycles. The fourth-order valence-corrected chi connectivity index (χ4v) is 3.09. The van der Waals surface area contributed by atoms with Gasteiger partial charge in [0.05, 0.1) is 17.7 Å². The largest absolute Gasteiger partial charge is 0.449 e. The second-order valence-corrected chi connectivity index (χ2v) is 7.84. The van der Waals surface area contributed by atoms with E-state index in [1.807, 2.05) is 38.1 Å². The highest BCUT2D eigenvalue weighted by Gasteiger charge is 2.23. The van der Waals surface area contributed by atoms with Gasteiger partial charge in [0.25, 0.3) is 11.6 Å². The zero-order valence-corrected chi connectivity index (χ0v) is 18.3. The Morgan fingerprint density at radius 1 is 1.18 bits per heavy atom. The number of alkyl carbamates (subject to hydrolysis) is 1. The molecule has 0 aliphatic rings. The van der Waals surface area contributed by atoms with Crippen molar-refractivity contribution in [2.24, 2.45) is 11.0 Å². The number of nitro benzene ring substituents is 1. The number of H-pyrrole nitrogens is 1. The van der Waals surface area contributed by atoms with E-state index in [1.54, 1.807) is 6.20 Å². The minimum Gasteiger partial charge on any atom is -0.449 e. The fourth-order valence-electron chi connectivity index (χ4n) is 3.09. The number of ether oxygens (including phenoxy) is 1. The lowest BCUT2D eigenvalue weighted by Gasteiger charge is -2.17. The Morgan fingerprint density at radius 3 is 2.61 bits per heavy atom. The predicted octanol–water partition coefficient (Wildman–Crippen LogP) is 3.52. The lowest BCUT2D eigenvalue weighted by atomic mass is 10.0. The maximum absolute atomic E-state index is 12.8. The van der Waals surface area contributed by atoms with Crippen LogP contribution in [0.4, 0.5) is 10.5 Å². The van der Waals surface area contributed by atoms with Crippen molar-refractivity contribution < 1.29 is 19.2 Å². The summed E-state index contributed by atoms with van der Waals surface area (Å²) < 4.78 is 5.16. The summed E-state index contributed by atoms with van der Waals surface area (Å²) in [7, 11) is 0. The van der Waals surface area contributed by atoms with Gasteiger partial charge in [0.1, 0.15) is 6.04 Å². The molecule has 0 saturated heterocycles. The van der Waals surface area contributed by atoms with E-state index in [-0.39, 0.29) is 24.6 Å². The van der Waals surface area contributed by atoms with Crippen LogP contribution in [0.2, 0.25) is 0 Å². The number of rotatable bonds is 9. The summed E-state index contributed by atoms with van der Waals surface area (Å²) in [6, 6.07) is 12.4. The van der Waals surface area contributed by atoms with E-state index in [9.17, 15) is 19.7 Å². The van der Waals surface area contributed by atoms with Gasteiger partial charge in [0.2, 0.25) is 0 Å². The number of amides is 2. The van der Waals surface area contributed by atoms with Crippen molar-refractivity contribution in [3.8, 4) is 0 Å². The lowest BCUT2D eigenvalue weighted by Crippen LogP contribution is -2.47. The first kappa shape index (κ1) is 23.5. The summed E-state index contributed by atoms with van der Waals surface area (Å²) in [6.07, 6.45) is 2.69. The van der Waals surface area contributed by atoms with Crippen molar-refractivity contribution in [3.63, 3.8) is 0 Å². The summed E-state index contributed by atoms with van der Waals surface area (Å²) in [5.41, 5.74) is 4.72. The molecular formula is C23H25N5O5. The molecule has 1 heterocycles. The Kier molecular flexibility index (Phi) is 7.74. The molecule has 10 heteroatoms. The van der Waals surface area contributed by atoms with E-state index in [2.05, 4.69) is 20.8 Å². The Morgan fingerprint density at radius 2 is 1.91 bits per heavy atom. The smallest absolute Gasteiger partial charge is 0.407 e. The number of aromatic amines is 1. The van der Waals surface area contributed by atoms with Crippen LogP contribution in [0.25, 0.3) is 10.9 Å². The molecule has 0 saturated carbocycles. The third-order valence-electron chi connectivity index (χ3n) is 4.75. The highest BCUT2D eigenvalue weighted by molar-refractivity contribution is 5.89. The number of hydrogen-bond donors (Lipinski definition) is 3. The second kappa shape index (κ2) is 10.9. The van der Waals surface area contributed by atoms with Gasteiger partial charge in [-0.05, 0) is 35.2 Å². The van der Waals surface area contributed by atoms with Crippen molar-refractivity contribution >= 4 is 34.8 Å². The molecule has 33 heavy (non-hydrogen) atoms. The minimum absolute atomic E-state index is 0.0425. The van der Waals surface area contributed by atoms with Gasteiger partial charge >= 0.3 is 6.09 Å². The number of fused-ring (bicyclic) bond motifs is 1. The molecular weight excluding hydrogens is 426 g/mol. The first-order chi connectivity index (χ1) is 15.8. The van der Waals surface area contributed by atoms with Gasteiger partial charge < -0.3 is 15.0 Å². The fraction of sp³-hybridized carbons (Fsp3) is 0.261. The monoisotopic (exact) mass is 451 g/mol. The number of non-ortho nitro benzene ring substituents is 1. The molecule has 1 atom stereocenters. The van der Waals surface area contributed by atoms with Crippen molar-refractivity contribution in [1.29, 1.82) is 0 Å². The van der Waals surface area contributed by atoms with E-state index in [1.165, 1.54) is 30.5 Å². The average Bonchev–Trinajstić information content (AvgIpc) is 3.20. The number of benzene rings is 2. The zero-order valence-electron chi connectivity index (χ0n) is 18.3. The van der Waals surface area contributed by atoms with Gasteiger partial charge in [0, 0.05) is 35.7 Å². The minimum atomic E-state index is -0.933. The van der Waals surface area contributed by atoms with Crippen LogP contribution in [0.5, 0.6) is 0 Å². The molecule has 0 fully saturated rings. The number of nitro groups is 1. The number of nitrogens with zero attached hydrogens (tertiary/aromatic N) is 2. The van der Waals surface area contributed by atoms with Gasteiger partial charge in [-0.25, -0.2) is 10.2 Å². The van der Waals surface area contributed by atoms with Crippen molar-refractivity contribution in [1.82, 2.24) is 15.7 Å². The molecule has 2 amide bonds. The van der Waals surface area contributed by atoms with Crippen LogP contribution in [0.15, 0.2) is 59.8 Å². The summed E-state index contributed by atoms with van der Waals surface area (Å²) in [5, 5.41) is 18.2. The molecule has 172 valence electrons. The molecule has 0 radical (unpaired) electrons. The summed E-state index contributed by atoms with van der Waals surface area (Å²) >= 11 is 0. The molecule has 2 aromatic carbocycles. The SMILES string of the molecule is CC(C)COC(=O)N[C@H](Cc1c[nH]c2ccccc12)C(=O)N/N=C\c1ccc([N+](=O)[O-])cc1. The average molecular weight is 451 g/mol. The summed E-state index contributed by atoms with van der Waals surface area (Å²) in [6.45, 7) is 4.05. The van der Waals surface area contributed by atoms with Crippen LogP contribution in [0, 0.1) is 16.0 Å². The van der Waals surface area contributed by atoms with Crippen LogP contribution in [0.3, 0.4) is 0 Å². The quantitative estimate of drug-likeness (QED) is 0.259. The number of carbonyl (C=O) groups excluding carboxylic acids is 2. The van der Waals surface area contributed by atoms with Crippen molar-refractivity contribution in [3.05, 3.63) is 76.0 Å². The number of aromatic nitrogens is 1. The first-order valence-electron chi connectivity index (χ1n) is 10.4. The van der Waals surface area contributed by atoms with E-state index in [0.29, 0.717) is 5.56 Å². The number of hydrazone groups is 1. The number of carbonyl (C=O) groups is 2. The van der Waals surface area contributed by atoms with E-state index >= 15 is 0 Å². The highest BCUT2D eigenvalue weighted by atomic mass is 16.6. The third-order valence-corrected chi connectivity index (χ3v) is 4.75. The van der Waals surface area contributed by atoms with E-state index in [4.69, 9.17) is 4.74 Å². The van der Waals surface area contributed by atoms with Gasteiger partial charge in [0.15, 0.2) is 0 Å². The first-order valence-corrected chi connectivity index (χ1v) is 10.4. The van der Waals surface area contributed by atoms with E-state index < -0.39 is 23.0 Å². The zero-order chi connectivity index (χ0) is 23.8. The Labute approximate surface area is 190 Å². The van der Waals surface area contributed by atoms with Crippen LogP contribution in [-0.2, 0) is 16.0 Å². The summed E-state index contributed by atoms with van der Waals surface area (Å²) in [5.74, 6) is -0.372. The normalized spacial score (nSPS) is 12.1. The van der Waals surface area contributed by atoms with Gasteiger partial charge in [-0.3, -0.25) is 14.9 Å². The van der Waals surface area contributed by atoms with Crippen molar-refractivity contribution in [2.75, 3.05) is 6.61 Å². The molecule has 3 aromatic rings. The number of nitrogens with one attached hydrogen (secondary N) is 3. The highest BCUT2D eigenvalue weighted by Crippen LogP contribution is 2.19. The third kappa shape index (κ3) is 6.63. The Hall–Kier alpha value is -4.21. The molecule has 0 spiro atoms. The molecule has 0 bridgehead atoms. The molecule has 10 nitrogen and oxygen atoms in total. The van der Waals surface area contributed by atoms with Gasteiger partial charge in [-0.15, -0.1) is 0 Å². The second-order valence-electron chi connectivity index (χ2n) is 7.84. The van der Waals surface area contributed by atoms with Crippen LogP contribution >= 0.6 is 0 Å². The van der Waals surface area contributed by atoms with Crippen LogP contribution in [0.1, 0.15) is 25.0 Å². The number of hydrogen-bond acceptors (Lipinski definition) is 6. The lowest BCUT2D eigenvalue weighted by molar-refractivity contribution is -0.384. The van der Waals surface area contributed by atoms with Crippen LogP contribution < -0.4 is 10.7 Å². The topological polar surface area (TPSA) is 139 Å². The maximum atomic E-state index is 12.8. The molecule has 3 N–H and O–H groups in total.